The van der Waals surface area contributed by atoms with Crippen LogP contribution in [-0.4, -0.2) is 20.5 Å². The summed E-state index contributed by atoms with van der Waals surface area (Å²) in [5.41, 5.74) is 5.61. The summed E-state index contributed by atoms with van der Waals surface area (Å²) >= 11 is 5.84. The van der Waals surface area contributed by atoms with Gasteiger partial charge in [-0.15, -0.1) is 0 Å². The van der Waals surface area contributed by atoms with Gasteiger partial charge in [0.1, 0.15) is 10.8 Å². The van der Waals surface area contributed by atoms with Crippen LogP contribution < -0.4 is 5.32 Å². The third kappa shape index (κ3) is 3.19. The first-order chi connectivity index (χ1) is 10.9. The molecular weight excluding hydrogens is 312 g/mol. The van der Waals surface area contributed by atoms with Gasteiger partial charge < -0.3 is 5.32 Å². The van der Waals surface area contributed by atoms with Crippen LogP contribution in [0.25, 0.3) is 5.65 Å². The lowest BCUT2D eigenvalue weighted by Crippen LogP contribution is -2.24. The first kappa shape index (κ1) is 15.5. The third-order valence-corrected chi connectivity index (χ3v) is 3.99. The molecule has 0 aliphatic carbocycles. The smallest absolute Gasteiger partial charge is 0.271 e. The van der Waals surface area contributed by atoms with E-state index in [1.807, 2.05) is 0 Å². The van der Waals surface area contributed by atoms with E-state index in [0.29, 0.717) is 23.0 Å². The molecule has 23 heavy (non-hydrogen) atoms. The lowest BCUT2D eigenvalue weighted by atomic mass is 10.00. The van der Waals surface area contributed by atoms with Crippen molar-refractivity contribution in [3.05, 3.63) is 63.6 Å². The second-order valence-corrected chi connectivity index (χ2v) is 6.03. The Morgan fingerprint density at radius 3 is 2.61 bits per heavy atom. The average Bonchev–Trinajstić information content (AvgIpc) is 2.88. The van der Waals surface area contributed by atoms with Crippen molar-refractivity contribution >= 4 is 23.2 Å². The Balaban J connectivity index is 1.79. The predicted octanol–water partition coefficient (Wildman–Crippen LogP) is 3.24. The van der Waals surface area contributed by atoms with E-state index in [4.69, 9.17) is 11.6 Å². The molecule has 2 heterocycles. The summed E-state index contributed by atoms with van der Waals surface area (Å²) in [5.74, 6) is -0.231. The first-order valence-electron chi connectivity index (χ1n) is 7.31. The van der Waals surface area contributed by atoms with Crippen LogP contribution in [0.2, 0.25) is 5.15 Å². The molecule has 118 valence electrons. The molecule has 0 aliphatic heterocycles. The lowest BCUT2D eigenvalue weighted by molar-refractivity contribution is 0.0946. The molecule has 5 nitrogen and oxygen atoms in total. The molecule has 2 aromatic heterocycles. The zero-order valence-corrected chi connectivity index (χ0v) is 14.0. The molecule has 0 saturated carbocycles. The van der Waals surface area contributed by atoms with Gasteiger partial charge in [0.25, 0.3) is 5.91 Å². The number of aryl methyl sites for hydroxylation is 3. The van der Waals surface area contributed by atoms with E-state index in [2.05, 4.69) is 48.3 Å². The quantitative estimate of drug-likeness (QED) is 0.803. The highest BCUT2D eigenvalue weighted by Gasteiger charge is 2.12. The largest absolute Gasteiger partial charge is 0.347 e. The maximum absolute atomic E-state index is 12.3. The van der Waals surface area contributed by atoms with Gasteiger partial charge >= 0.3 is 0 Å². The number of carbonyl (C=O) groups excluding carboxylic acids is 1. The molecule has 0 atom stereocenters. The van der Waals surface area contributed by atoms with Gasteiger partial charge in [0, 0.05) is 6.54 Å². The Morgan fingerprint density at radius 2 is 1.91 bits per heavy atom. The van der Waals surface area contributed by atoms with Crippen LogP contribution in [-0.2, 0) is 6.54 Å². The molecule has 0 saturated heterocycles. The van der Waals surface area contributed by atoms with Crippen LogP contribution in [0.5, 0.6) is 0 Å². The Hall–Kier alpha value is -2.40. The van der Waals surface area contributed by atoms with Crippen molar-refractivity contribution in [2.24, 2.45) is 0 Å². The maximum Gasteiger partial charge on any atom is 0.271 e. The molecule has 3 aromatic rings. The standard InChI is InChI=1S/C17H17ClN4O/c1-10-6-11(2)13(12(3)7-10)8-19-17(23)14-9-22-16(20-14)5-4-15(18)21-22/h4-7,9H,8H2,1-3H3,(H,19,23). The number of nitrogens with zero attached hydrogens (tertiary/aromatic N) is 3. The summed E-state index contributed by atoms with van der Waals surface area (Å²) in [4.78, 5) is 16.6. The van der Waals surface area contributed by atoms with Gasteiger partial charge in [-0.05, 0) is 49.6 Å². The Labute approximate surface area is 139 Å². The van der Waals surface area contributed by atoms with Crippen LogP contribution >= 0.6 is 11.6 Å². The van der Waals surface area contributed by atoms with Crippen molar-refractivity contribution < 1.29 is 4.79 Å². The number of amides is 1. The summed E-state index contributed by atoms with van der Waals surface area (Å²) in [6, 6.07) is 7.60. The molecule has 6 heteroatoms. The van der Waals surface area contributed by atoms with E-state index in [-0.39, 0.29) is 5.91 Å². The second kappa shape index (κ2) is 6.01. The van der Waals surface area contributed by atoms with E-state index in [9.17, 15) is 4.79 Å². The maximum atomic E-state index is 12.3. The molecule has 1 amide bonds. The normalized spacial score (nSPS) is 11.0. The minimum Gasteiger partial charge on any atom is -0.347 e. The van der Waals surface area contributed by atoms with E-state index in [1.54, 1.807) is 18.3 Å². The van der Waals surface area contributed by atoms with Crippen LogP contribution in [0.4, 0.5) is 0 Å². The van der Waals surface area contributed by atoms with Gasteiger partial charge in [-0.2, -0.15) is 5.10 Å². The zero-order valence-electron chi connectivity index (χ0n) is 13.2. The fraction of sp³-hybridized carbons (Fsp3) is 0.235. The number of aromatic nitrogens is 3. The number of rotatable bonds is 3. The summed E-state index contributed by atoms with van der Waals surface area (Å²) in [5, 5.41) is 7.35. The highest BCUT2D eigenvalue weighted by atomic mass is 35.5. The highest BCUT2D eigenvalue weighted by molar-refractivity contribution is 6.29. The van der Waals surface area contributed by atoms with E-state index < -0.39 is 0 Å². The lowest BCUT2D eigenvalue weighted by Gasteiger charge is -2.11. The second-order valence-electron chi connectivity index (χ2n) is 5.64. The molecule has 3 rings (SSSR count). The topological polar surface area (TPSA) is 59.3 Å². The van der Waals surface area contributed by atoms with E-state index in [1.165, 1.54) is 21.2 Å². The van der Waals surface area contributed by atoms with Crippen molar-refractivity contribution in [1.82, 2.24) is 19.9 Å². The van der Waals surface area contributed by atoms with Gasteiger partial charge in [-0.25, -0.2) is 9.50 Å². The third-order valence-electron chi connectivity index (χ3n) is 3.79. The van der Waals surface area contributed by atoms with Gasteiger partial charge in [0.15, 0.2) is 5.65 Å². The van der Waals surface area contributed by atoms with Gasteiger partial charge in [-0.3, -0.25) is 4.79 Å². The molecule has 0 bridgehead atoms. The molecule has 0 radical (unpaired) electrons. The van der Waals surface area contributed by atoms with Crippen molar-refractivity contribution in [3.8, 4) is 0 Å². The number of halogens is 1. The van der Waals surface area contributed by atoms with Crippen LogP contribution in [0, 0.1) is 20.8 Å². The predicted molar refractivity (Wildman–Crippen MR) is 89.8 cm³/mol. The monoisotopic (exact) mass is 328 g/mol. The molecule has 0 unspecified atom stereocenters. The molecule has 0 spiro atoms. The summed E-state index contributed by atoms with van der Waals surface area (Å²) in [7, 11) is 0. The van der Waals surface area contributed by atoms with Gasteiger partial charge in [-0.1, -0.05) is 29.3 Å². The fourth-order valence-electron chi connectivity index (χ4n) is 2.72. The first-order valence-corrected chi connectivity index (χ1v) is 7.68. The summed E-state index contributed by atoms with van der Waals surface area (Å²) in [6.07, 6.45) is 1.57. The van der Waals surface area contributed by atoms with Gasteiger partial charge in [0.05, 0.1) is 6.20 Å². The molecule has 1 aromatic carbocycles. The van der Waals surface area contributed by atoms with E-state index >= 15 is 0 Å². The fourth-order valence-corrected chi connectivity index (χ4v) is 2.86. The molecule has 1 N–H and O–H groups in total. The Bertz CT molecular complexity index is 878. The van der Waals surface area contributed by atoms with Crippen LogP contribution in [0.3, 0.4) is 0 Å². The number of fused-ring (bicyclic) bond motifs is 1. The average molecular weight is 329 g/mol. The number of benzene rings is 1. The summed E-state index contributed by atoms with van der Waals surface area (Å²) in [6.45, 7) is 6.65. The van der Waals surface area contributed by atoms with Crippen LogP contribution in [0.15, 0.2) is 30.5 Å². The highest BCUT2D eigenvalue weighted by Crippen LogP contribution is 2.16. The number of hydrogen-bond donors (Lipinski definition) is 1. The molecular formula is C17H17ClN4O. The van der Waals surface area contributed by atoms with Crippen molar-refractivity contribution in [3.63, 3.8) is 0 Å². The Morgan fingerprint density at radius 1 is 1.22 bits per heavy atom. The zero-order chi connectivity index (χ0) is 16.6. The molecule has 0 aliphatic rings. The molecule has 0 fully saturated rings. The Kier molecular flexibility index (Phi) is 4.05. The van der Waals surface area contributed by atoms with Crippen molar-refractivity contribution in [2.45, 2.75) is 27.3 Å². The number of imidazole rings is 1. The summed E-state index contributed by atoms with van der Waals surface area (Å²) < 4.78 is 1.50. The minimum atomic E-state index is -0.231. The van der Waals surface area contributed by atoms with E-state index in [0.717, 1.165) is 5.56 Å². The van der Waals surface area contributed by atoms with Gasteiger partial charge in [0.2, 0.25) is 0 Å². The van der Waals surface area contributed by atoms with Crippen molar-refractivity contribution in [1.29, 1.82) is 0 Å². The SMILES string of the molecule is Cc1cc(C)c(CNC(=O)c2cn3nc(Cl)ccc3n2)c(C)c1. The number of carbonyl (C=O) groups is 1. The van der Waals surface area contributed by atoms with Crippen LogP contribution in [0.1, 0.15) is 32.7 Å². The van der Waals surface area contributed by atoms with Crippen molar-refractivity contribution in [2.75, 3.05) is 0 Å². The number of hydrogen-bond acceptors (Lipinski definition) is 3. The number of nitrogens with one attached hydrogen (secondary N) is 1. The minimum absolute atomic E-state index is 0.231.